The van der Waals surface area contributed by atoms with Crippen LogP contribution in [0.4, 0.5) is 5.95 Å². The second kappa shape index (κ2) is 6.44. The molecule has 6 heteroatoms. The number of hydrogen-bond acceptors (Lipinski definition) is 4. The third kappa shape index (κ3) is 2.65. The van der Waals surface area contributed by atoms with Crippen LogP contribution in [-0.4, -0.2) is 27.9 Å². The number of rotatable bonds is 1. The van der Waals surface area contributed by atoms with Crippen molar-refractivity contribution in [3.63, 3.8) is 0 Å². The van der Waals surface area contributed by atoms with E-state index >= 15 is 0 Å². The van der Waals surface area contributed by atoms with Gasteiger partial charge >= 0.3 is 0 Å². The Balaban J connectivity index is 1.33. The molecular weight excluding hydrogens is 384 g/mol. The van der Waals surface area contributed by atoms with E-state index in [2.05, 4.69) is 62.1 Å². The molecule has 0 bridgehead atoms. The molecule has 5 nitrogen and oxygen atoms in total. The first-order valence-corrected chi connectivity index (χ1v) is 10.5. The number of halogens is 1. The zero-order valence-electron chi connectivity index (χ0n) is 16.0. The summed E-state index contributed by atoms with van der Waals surface area (Å²) in [6.45, 7) is 2.50. The summed E-state index contributed by atoms with van der Waals surface area (Å²) >= 11 is 6.23. The first-order chi connectivity index (χ1) is 14.2. The number of anilines is 1. The molecule has 3 aliphatic heterocycles. The van der Waals surface area contributed by atoms with Crippen molar-refractivity contribution in [2.45, 2.75) is 31.5 Å². The predicted molar refractivity (Wildman–Crippen MR) is 113 cm³/mol. The van der Waals surface area contributed by atoms with Crippen LogP contribution in [0.1, 0.15) is 35.4 Å². The SMILES string of the molecule is Clc1ccc2c(c1)C=CCc1nnc(N3CCC4(CC3)OCc3ccccc34)n1-2. The molecule has 0 saturated carbocycles. The Morgan fingerprint density at radius 2 is 1.90 bits per heavy atom. The summed E-state index contributed by atoms with van der Waals surface area (Å²) in [6.07, 6.45) is 6.92. The van der Waals surface area contributed by atoms with Crippen LogP contribution in [0.25, 0.3) is 11.8 Å². The van der Waals surface area contributed by atoms with Crippen LogP contribution in [0, 0.1) is 0 Å². The molecule has 4 heterocycles. The summed E-state index contributed by atoms with van der Waals surface area (Å²) in [6, 6.07) is 14.6. The van der Waals surface area contributed by atoms with E-state index in [1.165, 1.54) is 11.1 Å². The maximum Gasteiger partial charge on any atom is 0.231 e. The molecule has 1 aromatic heterocycles. The highest BCUT2D eigenvalue weighted by Gasteiger charge is 2.43. The van der Waals surface area contributed by atoms with Gasteiger partial charge in [-0.3, -0.25) is 4.57 Å². The molecule has 0 unspecified atom stereocenters. The Bertz CT molecular complexity index is 1130. The molecule has 1 fully saturated rings. The van der Waals surface area contributed by atoms with Crippen LogP contribution in [0.5, 0.6) is 0 Å². The molecule has 3 aromatic rings. The van der Waals surface area contributed by atoms with Gasteiger partial charge in [0, 0.05) is 24.5 Å². The van der Waals surface area contributed by atoms with Gasteiger partial charge < -0.3 is 9.64 Å². The fraction of sp³-hybridized carbons (Fsp3) is 0.304. The van der Waals surface area contributed by atoms with Gasteiger partial charge in [0.15, 0.2) is 0 Å². The molecule has 0 N–H and O–H groups in total. The lowest BCUT2D eigenvalue weighted by Gasteiger charge is -2.39. The van der Waals surface area contributed by atoms with Gasteiger partial charge in [-0.1, -0.05) is 48.0 Å². The number of fused-ring (bicyclic) bond motifs is 5. The van der Waals surface area contributed by atoms with Crippen LogP contribution in [0.3, 0.4) is 0 Å². The Kier molecular flexibility index (Phi) is 3.83. The quantitative estimate of drug-likeness (QED) is 0.598. The second-order valence-electron chi connectivity index (χ2n) is 7.99. The van der Waals surface area contributed by atoms with E-state index in [1.54, 1.807) is 0 Å². The summed E-state index contributed by atoms with van der Waals surface area (Å²) in [5, 5.41) is 9.81. The minimum atomic E-state index is -0.151. The number of allylic oxidation sites excluding steroid dienone is 1. The number of ether oxygens (including phenoxy) is 1. The summed E-state index contributed by atoms with van der Waals surface area (Å²) in [7, 11) is 0. The highest BCUT2D eigenvalue weighted by molar-refractivity contribution is 6.30. The first-order valence-electron chi connectivity index (χ1n) is 10.1. The van der Waals surface area contributed by atoms with Gasteiger partial charge in [0.25, 0.3) is 0 Å². The van der Waals surface area contributed by atoms with E-state index in [4.69, 9.17) is 16.3 Å². The van der Waals surface area contributed by atoms with E-state index in [1.807, 2.05) is 12.1 Å². The fourth-order valence-electron chi connectivity index (χ4n) is 4.91. The lowest BCUT2D eigenvalue weighted by molar-refractivity contribution is -0.0553. The van der Waals surface area contributed by atoms with Crippen molar-refractivity contribution in [3.8, 4) is 5.69 Å². The van der Waals surface area contributed by atoms with Crippen LogP contribution < -0.4 is 4.90 Å². The lowest BCUT2D eigenvalue weighted by Crippen LogP contribution is -2.43. The third-order valence-corrected chi connectivity index (χ3v) is 6.64. The summed E-state index contributed by atoms with van der Waals surface area (Å²) < 4.78 is 8.51. The molecule has 3 aliphatic rings. The average Bonchev–Trinajstić information content (AvgIpc) is 3.27. The maximum absolute atomic E-state index is 6.33. The fourth-order valence-corrected chi connectivity index (χ4v) is 5.09. The summed E-state index contributed by atoms with van der Waals surface area (Å²) in [4.78, 5) is 2.34. The Morgan fingerprint density at radius 1 is 1.03 bits per heavy atom. The largest absolute Gasteiger partial charge is 0.365 e. The van der Waals surface area contributed by atoms with Crippen LogP contribution in [-0.2, 0) is 23.4 Å². The average molecular weight is 405 g/mol. The predicted octanol–water partition coefficient (Wildman–Crippen LogP) is 4.52. The monoisotopic (exact) mass is 404 g/mol. The normalized spacial score (nSPS) is 19.0. The maximum atomic E-state index is 6.33. The third-order valence-electron chi connectivity index (χ3n) is 6.41. The van der Waals surface area contributed by atoms with Crippen LogP contribution in [0.15, 0.2) is 48.5 Å². The molecule has 0 atom stereocenters. The molecule has 1 spiro atoms. The molecule has 1 saturated heterocycles. The number of piperidine rings is 1. The zero-order valence-corrected chi connectivity index (χ0v) is 16.8. The van der Waals surface area contributed by atoms with Crippen LogP contribution >= 0.6 is 11.6 Å². The molecule has 2 aromatic carbocycles. The minimum Gasteiger partial charge on any atom is -0.365 e. The van der Waals surface area contributed by atoms with E-state index in [0.717, 1.165) is 67.0 Å². The van der Waals surface area contributed by atoms with Gasteiger partial charge in [0.1, 0.15) is 5.82 Å². The van der Waals surface area contributed by atoms with Gasteiger partial charge in [0.05, 0.1) is 17.9 Å². The molecule has 0 radical (unpaired) electrons. The topological polar surface area (TPSA) is 43.2 Å². The van der Waals surface area contributed by atoms with Crippen molar-refractivity contribution in [2.24, 2.45) is 0 Å². The van der Waals surface area contributed by atoms with Gasteiger partial charge in [-0.2, -0.15) is 0 Å². The smallest absolute Gasteiger partial charge is 0.231 e. The summed E-state index contributed by atoms with van der Waals surface area (Å²) in [5.74, 6) is 1.87. The van der Waals surface area contributed by atoms with Gasteiger partial charge in [0.2, 0.25) is 5.95 Å². The number of hydrogen-bond donors (Lipinski definition) is 0. The highest BCUT2D eigenvalue weighted by atomic mass is 35.5. The molecule has 0 aliphatic carbocycles. The van der Waals surface area contributed by atoms with Gasteiger partial charge in [-0.05, 0) is 47.7 Å². The minimum absolute atomic E-state index is 0.151. The molecular formula is C23H21ClN4O. The van der Waals surface area contributed by atoms with Crippen LogP contribution in [0.2, 0.25) is 5.02 Å². The molecule has 29 heavy (non-hydrogen) atoms. The van der Waals surface area contributed by atoms with E-state index < -0.39 is 0 Å². The number of nitrogens with zero attached hydrogens (tertiary/aromatic N) is 4. The molecule has 6 rings (SSSR count). The van der Waals surface area contributed by atoms with E-state index in [0.29, 0.717) is 0 Å². The number of benzene rings is 2. The molecule has 146 valence electrons. The van der Waals surface area contributed by atoms with Crippen molar-refractivity contribution >= 4 is 23.6 Å². The zero-order chi connectivity index (χ0) is 19.4. The Labute approximate surface area is 174 Å². The Morgan fingerprint density at radius 3 is 2.79 bits per heavy atom. The van der Waals surface area contributed by atoms with Crippen molar-refractivity contribution in [1.29, 1.82) is 0 Å². The number of aromatic nitrogens is 3. The van der Waals surface area contributed by atoms with E-state index in [9.17, 15) is 0 Å². The highest BCUT2D eigenvalue weighted by Crippen LogP contribution is 2.44. The van der Waals surface area contributed by atoms with E-state index in [-0.39, 0.29) is 5.60 Å². The molecule has 0 amide bonds. The van der Waals surface area contributed by atoms with Crippen molar-refractivity contribution in [2.75, 3.05) is 18.0 Å². The van der Waals surface area contributed by atoms with Gasteiger partial charge in [-0.15, -0.1) is 10.2 Å². The van der Waals surface area contributed by atoms with Crippen molar-refractivity contribution < 1.29 is 4.74 Å². The standard InChI is InChI=1S/C23H21ClN4O/c24-18-8-9-20-16(14-18)5-3-7-21-25-26-22(28(20)21)27-12-10-23(11-13-27)19-6-2-1-4-17(19)15-29-23/h1-6,8-9,14H,7,10-13,15H2. The van der Waals surface area contributed by atoms with Crippen molar-refractivity contribution in [3.05, 3.63) is 76.1 Å². The van der Waals surface area contributed by atoms with Gasteiger partial charge in [-0.25, -0.2) is 0 Å². The summed E-state index contributed by atoms with van der Waals surface area (Å²) in [5.41, 5.74) is 4.72. The second-order valence-corrected chi connectivity index (χ2v) is 8.42. The first kappa shape index (κ1) is 17.2. The van der Waals surface area contributed by atoms with Crippen molar-refractivity contribution in [1.82, 2.24) is 14.8 Å². The lowest BCUT2D eigenvalue weighted by atomic mass is 9.84. The Hall–Kier alpha value is -2.63.